The lowest BCUT2D eigenvalue weighted by atomic mass is 10.0. The van der Waals surface area contributed by atoms with Gasteiger partial charge in [-0.1, -0.05) is 332 Å². The van der Waals surface area contributed by atoms with Crippen molar-refractivity contribution in [2.75, 3.05) is 13.2 Å². The molecule has 6 heteroatoms. The van der Waals surface area contributed by atoms with Gasteiger partial charge in [0.25, 0.3) is 0 Å². The Morgan fingerprint density at radius 1 is 0.241 bits per heavy atom. The number of unbranched alkanes of at least 4 members (excludes halogenated alkanes) is 47. The largest absolute Gasteiger partial charge is 0.462 e. The first-order valence-electron chi connectivity index (χ1n) is 36.8. The van der Waals surface area contributed by atoms with Gasteiger partial charge in [0.2, 0.25) is 0 Å². The average molecular weight is 1160 g/mol. The fraction of sp³-hybridized carbons (Fsp3) is 0.831. The molecule has 0 aromatic rings. The summed E-state index contributed by atoms with van der Waals surface area (Å²) in [4.78, 5) is 38.4. The van der Waals surface area contributed by atoms with Crippen LogP contribution < -0.4 is 0 Å². The molecule has 0 aliphatic heterocycles. The van der Waals surface area contributed by atoms with Crippen molar-refractivity contribution in [3.8, 4) is 0 Å². The minimum Gasteiger partial charge on any atom is -0.462 e. The molecule has 0 saturated carbocycles. The van der Waals surface area contributed by atoms with E-state index in [1.165, 1.54) is 276 Å². The highest BCUT2D eigenvalue weighted by atomic mass is 16.6. The summed E-state index contributed by atoms with van der Waals surface area (Å²) in [5, 5.41) is 0. The van der Waals surface area contributed by atoms with E-state index < -0.39 is 6.10 Å². The third-order valence-corrected chi connectivity index (χ3v) is 16.5. The van der Waals surface area contributed by atoms with Crippen LogP contribution in [0.2, 0.25) is 0 Å². The molecular formula is C77H140O6. The molecule has 0 bridgehead atoms. The second kappa shape index (κ2) is 71.6. The molecule has 6 nitrogen and oxygen atoms in total. The van der Waals surface area contributed by atoms with Crippen LogP contribution >= 0.6 is 0 Å². The zero-order valence-corrected chi connectivity index (χ0v) is 55.7. The first-order chi connectivity index (χ1) is 41.0. The number of carbonyl (C=O) groups excluding carboxylic acids is 3. The molecule has 484 valence electrons. The van der Waals surface area contributed by atoms with E-state index in [2.05, 4.69) is 81.5 Å². The SMILES string of the molecule is CCCC/C=C\CCCCCCCC(=O)OCC(COC(=O)CCCCCCCCCCCCCCCC/C=C\C/C=C\C/C=C\CCCCCCC)OC(=O)CCCCCCCCCCCCCCC/C=C\CCCCCCCCCC. The number of ether oxygens (including phenoxy) is 3. The Balaban J connectivity index is 4.17. The molecule has 0 radical (unpaired) electrons. The highest BCUT2D eigenvalue weighted by Crippen LogP contribution is 2.18. The molecule has 0 saturated heterocycles. The van der Waals surface area contributed by atoms with Crippen LogP contribution in [0.1, 0.15) is 393 Å². The molecule has 0 spiro atoms. The summed E-state index contributed by atoms with van der Waals surface area (Å²) in [6.45, 7) is 6.64. The van der Waals surface area contributed by atoms with Crippen LogP contribution in [0.25, 0.3) is 0 Å². The van der Waals surface area contributed by atoms with Crippen molar-refractivity contribution in [1.29, 1.82) is 0 Å². The van der Waals surface area contributed by atoms with Gasteiger partial charge >= 0.3 is 17.9 Å². The molecule has 1 unspecified atom stereocenters. The summed E-state index contributed by atoms with van der Waals surface area (Å²) in [5.41, 5.74) is 0. The monoisotopic (exact) mass is 1160 g/mol. The van der Waals surface area contributed by atoms with Gasteiger partial charge in [-0.25, -0.2) is 0 Å². The van der Waals surface area contributed by atoms with Gasteiger partial charge in [0.1, 0.15) is 13.2 Å². The third kappa shape index (κ3) is 69.8. The lowest BCUT2D eigenvalue weighted by molar-refractivity contribution is -0.167. The number of rotatable bonds is 68. The second-order valence-electron chi connectivity index (χ2n) is 24.8. The molecule has 0 N–H and O–H groups in total. The quantitative estimate of drug-likeness (QED) is 0.0261. The smallest absolute Gasteiger partial charge is 0.306 e. The standard InChI is InChI=1S/C77H140O6/c1-4-7-10-13-16-19-22-24-26-28-30-32-34-36-37-38-39-41-42-44-46-48-50-52-55-58-61-64-67-70-76(79)82-73-74(72-81-75(78)69-66-63-60-57-54-21-18-15-12-9-6-3)83-77(80)71-68-65-62-59-56-53-51-49-47-45-43-40-35-33-31-29-27-25-23-20-17-14-11-8-5-2/h15,18,22,24,28-31,34,36,74H,4-14,16-17,19-21,23,25-27,32-33,35,37-73H2,1-3H3/b18-15-,24-22-,30-28-,31-29-,36-34-. The third-order valence-electron chi connectivity index (χ3n) is 16.5. The van der Waals surface area contributed by atoms with E-state index in [0.717, 1.165) is 77.0 Å². The summed E-state index contributed by atoms with van der Waals surface area (Å²) in [5.74, 6) is -0.861. The van der Waals surface area contributed by atoms with Gasteiger partial charge in [-0.15, -0.1) is 0 Å². The minimum absolute atomic E-state index is 0.0737. The Labute approximate surface area is 517 Å². The van der Waals surface area contributed by atoms with E-state index in [1.54, 1.807) is 0 Å². The topological polar surface area (TPSA) is 78.9 Å². The molecule has 0 amide bonds. The van der Waals surface area contributed by atoms with Crippen molar-refractivity contribution in [3.63, 3.8) is 0 Å². The minimum atomic E-state index is -0.778. The fourth-order valence-corrected chi connectivity index (χ4v) is 10.9. The predicted molar refractivity (Wildman–Crippen MR) is 362 cm³/mol. The van der Waals surface area contributed by atoms with Crippen LogP contribution in [0, 0.1) is 0 Å². The van der Waals surface area contributed by atoms with E-state index in [9.17, 15) is 14.4 Å². The number of allylic oxidation sites excluding steroid dienone is 10. The fourth-order valence-electron chi connectivity index (χ4n) is 10.9. The number of hydrogen-bond acceptors (Lipinski definition) is 6. The average Bonchev–Trinajstić information content (AvgIpc) is 3.48. The van der Waals surface area contributed by atoms with Crippen molar-refractivity contribution in [3.05, 3.63) is 60.8 Å². The molecule has 0 aliphatic carbocycles. The Morgan fingerprint density at radius 2 is 0.446 bits per heavy atom. The lowest BCUT2D eigenvalue weighted by Crippen LogP contribution is -2.30. The normalized spacial score (nSPS) is 12.4. The van der Waals surface area contributed by atoms with Gasteiger partial charge in [0.15, 0.2) is 6.10 Å². The highest BCUT2D eigenvalue weighted by molar-refractivity contribution is 5.71. The highest BCUT2D eigenvalue weighted by Gasteiger charge is 2.19. The zero-order valence-electron chi connectivity index (χ0n) is 55.7. The van der Waals surface area contributed by atoms with Crippen molar-refractivity contribution in [2.45, 2.75) is 399 Å². The van der Waals surface area contributed by atoms with Crippen LogP contribution in [0.3, 0.4) is 0 Å². The van der Waals surface area contributed by atoms with Crippen molar-refractivity contribution >= 4 is 17.9 Å². The molecule has 1 atom stereocenters. The molecule has 0 aromatic carbocycles. The Morgan fingerprint density at radius 3 is 0.723 bits per heavy atom. The maximum atomic E-state index is 13.0. The molecule has 83 heavy (non-hydrogen) atoms. The number of hydrogen-bond donors (Lipinski definition) is 0. The molecular weight excluding hydrogens is 1020 g/mol. The van der Waals surface area contributed by atoms with E-state index in [4.69, 9.17) is 14.2 Å². The van der Waals surface area contributed by atoms with Crippen molar-refractivity contribution in [1.82, 2.24) is 0 Å². The van der Waals surface area contributed by atoms with Crippen LogP contribution in [0.5, 0.6) is 0 Å². The van der Waals surface area contributed by atoms with Gasteiger partial charge in [0, 0.05) is 19.3 Å². The second-order valence-corrected chi connectivity index (χ2v) is 24.8. The zero-order chi connectivity index (χ0) is 59.9. The molecule has 0 heterocycles. The van der Waals surface area contributed by atoms with Crippen LogP contribution in [0.4, 0.5) is 0 Å². The van der Waals surface area contributed by atoms with Crippen LogP contribution in [0.15, 0.2) is 60.8 Å². The van der Waals surface area contributed by atoms with Gasteiger partial charge in [-0.2, -0.15) is 0 Å². The number of carbonyl (C=O) groups is 3. The van der Waals surface area contributed by atoms with E-state index in [0.29, 0.717) is 19.3 Å². The van der Waals surface area contributed by atoms with E-state index in [-0.39, 0.29) is 31.1 Å². The Bertz CT molecular complexity index is 1470. The van der Waals surface area contributed by atoms with Gasteiger partial charge in [-0.3, -0.25) is 14.4 Å². The predicted octanol–water partition coefficient (Wildman–Crippen LogP) is 25.5. The van der Waals surface area contributed by atoms with Crippen LogP contribution in [-0.4, -0.2) is 37.2 Å². The van der Waals surface area contributed by atoms with Gasteiger partial charge in [-0.05, 0) is 103 Å². The van der Waals surface area contributed by atoms with Crippen molar-refractivity contribution in [2.24, 2.45) is 0 Å². The Kier molecular flexibility index (Phi) is 69.1. The van der Waals surface area contributed by atoms with E-state index >= 15 is 0 Å². The molecule has 0 aromatic heterocycles. The van der Waals surface area contributed by atoms with Gasteiger partial charge in [0.05, 0.1) is 0 Å². The summed E-state index contributed by atoms with van der Waals surface area (Å²) >= 11 is 0. The first-order valence-corrected chi connectivity index (χ1v) is 36.8. The lowest BCUT2D eigenvalue weighted by Gasteiger charge is -2.18. The summed E-state index contributed by atoms with van der Waals surface area (Å²) in [6, 6.07) is 0. The summed E-state index contributed by atoms with van der Waals surface area (Å²) in [6.07, 6.45) is 92.7. The van der Waals surface area contributed by atoms with Gasteiger partial charge < -0.3 is 14.2 Å². The number of esters is 3. The van der Waals surface area contributed by atoms with Crippen LogP contribution in [-0.2, 0) is 28.6 Å². The maximum Gasteiger partial charge on any atom is 0.306 e. The summed E-state index contributed by atoms with van der Waals surface area (Å²) in [7, 11) is 0. The van der Waals surface area contributed by atoms with E-state index in [1.807, 2.05) is 0 Å². The van der Waals surface area contributed by atoms with Crippen molar-refractivity contribution < 1.29 is 28.6 Å². The molecule has 0 fully saturated rings. The Hall–Kier alpha value is -2.89. The summed E-state index contributed by atoms with van der Waals surface area (Å²) < 4.78 is 17.0. The molecule has 0 aliphatic rings. The molecule has 0 rings (SSSR count). The first kappa shape index (κ1) is 80.1. The maximum absolute atomic E-state index is 13.0.